The maximum absolute atomic E-state index is 11.5. The van der Waals surface area contributed by atoms with Gasteiger partial charge in [0.25, 0.3) is 5.91 Å². The average molecular weight is 360 g/mol. The Balaban J connectivity index is 1.84. The maximum Gasteiger partial charge on any atom is 0.332 e. The zero-order valence-electron chi connectivity index (χ0n) is 13.5. The Morgan fingerprint density at radius 2 is 2.12 bits per heavy atom. The monoisotopic (exact) mass is 360 g/mol. The molecule has 4 atom stereocenters. The fourth-order valence-corrected chi connectivity index (χ4v) is 2.11. The highest BCUT2D eigenvalue weighted by Crippen LogP contribution is 2.28. The number of ether oxygens (including phenoxy) is 4. The van der Waals surface area contributed by atoms with E-state index < -0.39 is 36.4 Å². The van der Waals surface area contributed by atoms with Gasteiger partial charge in [-0.05, 0) is 0 Å². The molecule has 0 spiro atoms. The third-order valence-corrected chi connectivity index (χ3v) is 3.39. The molecule has 1 fully saturated rings. The summed E-state index contributed by atoms with van der Waals surface area (Å²) in [7, 11) is 1.50. The minimum Gasteiger partial charge on any atom is -0.461 e. The van der Waals surface area contributed by atoms with Crippen LogP contribution in [0.5, 0.6) is 0 Å². The van der Waals surface area contributed by atoms with Crippen LogP contribution in [-0.4, -0.2) is 88.7 Å². The number of rotatable bonds is 9. The summed E-state index contributed by atoms with van der Waals surface area (Å²) in [5.74, 6) is -1.75. The predicted octanol–water partition coefficient (Wildman–Crippen LogP) is -2.80. The van der Waals surface area contributed by atoms with Crippen LogP contribution in [-0.2, 0) is 23.7 Å². The van der Waals surface area contributed by atoms with Crippen molar-refractivity contribution in [1.82, 2.24) is 14.8 Å². The smallest absolute Gasteiger partial charge is 0.332 e. The molecule has 1 saturated heterocycles. The molecule has 140 valence electrons. The van der Waals surface area contributed by atoms with E-state index in [4.69, 9.17) is 24.7 Å². The number of aliphatic hydroxyl groups excluding tert-OH is 2. The van der Waals surface area contributed by atoms with E-state index in [1.165, 1.54) is 7.11 Å². The molecular weight excluding hydrogens is 340 g/mol. The number of methoxy groups -OCH3 is 1. The molecule has 12 heteroatoms. The minimum atomic E-state index is -1.36. The van der Waals surface area contributed by atoms with Gasteiger partial charge in [-0.2, -0.15) is 0 Å². The van der Waals surface area contributed by atoms with E-state index in [0.29, 0.717) is 6.61 Å². The molecule has 2 rings (SSSR count). The molecule has 1 aromatic rings. The highest BCUT2D eigenvalue weighted by atomic mass is 16.6. The summed E-state index contributed by atoms with van der Waals surface area (Å²) in [5, 5.41) is 23.8. The SMILES string of the molecule is COCCOCC(=O)OCC1OC(n2cnc(C(N)=O)n2)[C@H](O)C1O. The quantitative estimate of drug-likeness (QED) is 0.309. The molecule has 1 aromatic heterocycles. The number of hydrogen-bond acceptors (Lipinski definition) is 10. The second-order valence-electron chi connectivity index (χ2n) is 5.19. The Morgan fingerprint density at radius 3 is 2.76 bits per heavy atom. The number of nitrogens with zero attached hydrogens (tertiary/aromatic N) is 3. The highest BCUT2D eigenvalue weighted by Gasteiger charge is 2.45. The van der Waals surface area contributed by atoms with Crippen LogP contribution in [0.2, 0.25) is 0 Å². The van der Waals surface area contributed by atoms with Gasteiger partial charge in [0.2, 0.25) is 5.82 Å². The topological polar surface area (TPSA) is 168 Å². The molecule has 1 aliphatic heterocycles. The van der Waals surface area contributed by atoms with Gasteiger partial charge < -0.3 is 34.9 Å². The number of carbonyl (C=O) groups excluding carboxylic acids is 2. The van der Waals surface area contributed by atoms with Gasteiger partial charge in [-0.25, -0.2) is 14.5 Å². The minimum absolute atomic E-state index is 0.240. The molecule has 0 saturated carbocycles. The van der Waals surface area contributed by atoms with E-state index in [1.807, 2.05) is 0 Å². The molecule has 1 aliphatic rings. The van der Waals surface area contributed by atoms with Crippen molar-refractivity contribution in [2.24, 2.45) is 5.73 Å². The zero-order valence-corrected chi connectivity index (χ0v) is 13.5. The predicted molar refractivity (Wildman–Crippen MR) is 78.1 cm³/mol. The first kappa shape index (κ1) is 19.2. The molecule has 0 bridgehead atoms. The molecule has 0 radical (unpaired) electrons. The number of hydrogen-bond donors (Lipinski definition) is 3. The molecule has 2 heterocycles. The van der Waals surface area contributed by atoms with E-state index >= 15 is 0 Å². The Kier molecular flexibility index (Phi) is 6.78. The van der Waals surface area contributed by atoms with Gasteiger partial charge in [-0.15, -0.1) is 5.10 Å². The van der Waals surface area contributed by atoms with Crippen molar-refractivity contribution in [2.75, 3.05) is 33.5 Å². The van der Waals surface area contributed by atoms with E-state index in [9.17, 15) is 19.8 Å². The summed E-state index contributed by atoms with van der Waals surface area (Å²) < 4.78 is 21.2. The standard InChI is InChI=1S/C13H20N4O8/c1-22-2-3-23-5-8(18)24-4-7-9(19)10(20)13(25-7)17-6-15-12(16-17)11(14)21/h6-7,9-10,13,19-20H,2-5H2,1H3,(H2,14,21)/t7?,9?,10-,13?/m1/s1. The summed E-state index contributed by atoms with van der Waals surface area (Å²) in [6, 6.07) is 0. The van der Waals surface area contributed by atoms with Crippen molar-refractivity contribution in [3.8, 4) is 0 Å². The van der Waals surface area contributed by atoms with Crippen molar-refractivity contribution in [2.45, 2.75) is 24.5 Å². The van der Waals surface area contributed by atoms with Crippen LogP contribution in [0.4, 0.5) is 0 Å². The molecule has 0 aliphatic carbocycles. The molecular formula is C13H20N4O8. The lowest BCUT2D eigenvalue weighted by Gasteiger charge is -2.14. The number of esters is 1. The van der Waals surface area contributed by atoms with Gasteiger partial charge in [0.15, 0.2) is 6.23 Å². The summed E-state index contributed by atoms with van der Waals surface area (Å²) in [6.07, 6.45) is -3.63. The number of aromatic nitrogens is 3. The number of primary amides is 1. The summed E-state index contributed by atoms with van der Waals surface area (Å²) in [4.78, 5) is 26.2. The first-order valence-corrected chi connectivity index (χ1v) is 7.39. The fourth-order valence-electron chi connectivity index (χ4n) is 2.11. The molecule has 25 heavy (non-hydrogen) atoms. The van der Waals surface area contributed by atoms with Crippen LogP contribution >= 0.6 is 0 Å². The van der Waals surface area contributed by atoms with E-state index in [0.717, 1.165) is 11.0 Å². The van der Waals surface area contributed by atoms with Crippen molar-refractivity contribution in [1.29, 1.82) is 0 Å². The summed E-state index contributed by atoms with van der Waals surface area (Å²) in [5.41, 5.74) is 5.05. The largest absolute Gasteiger partial charge is 0.461 e. The lowest BCUT2D eigenvalue weighted by molar-refractivity contribution is -0.155. The van der Waals surface area contributed by atoms with E-state index in [-0.39, 0.29) is 25.6 Å². The second-order valence-corrected chi connectivity index (χ2v) is 5.19. The van der Waals surface area contributed by atoms with Crippen molar-refractivity contribution >= 4 is 11.9 Å². The van der Waals surface area contributed by atoms with Crippen molar-refractivity contribution in [3.63, 3.8) is 0 Å². The average Bonchev–Trinajstić information content (AvgIpc) is 3.17. The highest BCUT2D eigenvalue weighted by molar-refractivity contribution is 5.88. The Morgan fingerprint density at radius 1 is 1.36 bits per heavy atom. The van der Waals surface area contributed by atoms with Gasteiger partial charge in [0, 0.05) is 7.11 Å². The van der Waals surface area contributed by atoms with Gasteiger partial charge >= 0.3 is 5.97 Å². The van der Waals surface area contributed by atoms with Crippen LogP contribution in [0, 0.1) is 0 Å². The molecule has 4 N–H and O–H groups in total. The lowest BCUT2D eigenvalue weighted by atomic mass is 10.1. The van der Waals surface area contributed by atoms with Crippen LogP contribution < -0.4 is 5.73 Å². The van der Waals surface area contributed by atoms with Crippen LogP contribution in [0.1, 0.15) is 16.8 Å². The summed E-state index contributed by atoms with van der Waals surface area (Å²) in [6.45, 7) is 0.0159. The Labute approximate surface area is 142 Å². The third kappa shape index (κ3) is 4.93. The number of amides is 1. The van der Waals surface area contributed by atoms with Crippen molar-refractivity contribution < 1.29 is 38.7 Å². The Bertz CT molecular complexity index is 594. The molecule has 3 unspecified atom stereocenters. The maximum atomic E-state index is 11.5. The van der Waals surface area contributed by atoms with Crippen molar-refractivity contribution in [3.05, 3.63) is 12.2 Å². The van der Waals surface area contributed by atoms with Gasteiger partial charge in [-0.1, -0.05) is 0 Å². The molecule has 0 aromatic carbocycles. The van der Waals surface area contributed by atoms with Crippen LogP contribution in [0.3, 0.4) is 0 Å². The normalized spacial score (nSPS) is 25.9. The van der Waals surface area contributed by atoms with E-state index in [1.54, 1.807) is 0 Å². The number of aliphatic hydroxyl groups is 2. The van der Waals surface area contributed by atoms with Gasteiger partial charge in [-0.3, -0.25) is 4.79 Å². The van der Waals surface area contributed by atoms with Gasteiger partial charge in [0.05, 0.1) is 13.2 Å². The zero-order chi connectivity index (χ0) is 18.4. The number of carbonyl (C=O) groups is 2. The molecule has 12 nitrogen and oxygen atoms in total. The number of nitrogens with two attached hydrogens (primary N) is 1. The molecule has 1 amide bonds. The second kappa shape index (κ2) is 8.82. The third-order valence-electron chi connectivity index (χ3n) is 3.39. The first-order valence-electron chi connectivity index (χ1n) is 7.39. The van der Waals surface area contributed by atoms with Crippen LogP contribution in [0.15, 0.2) is 6.33 Å². The summed E-state index contributed by atoms with van der Waals surface area (Å²) >= 11 is 0. The lowest BCUT2D eigenvalue weighted by Crippen LogP contribution is -2.34. The first-order chi connectivity index (χ1) is 11.9. The van der Waals surface area contributed by atoms with Gasteiger partial charge in [0.1, 0.15) is 37.9 Å². The fraction of sp³-hybridized carbons (Fsp3) is 0.692. The van der Waals surface area contributed by atoms with E-state index in [2.05, 4.69) is 10.1 Å². The van der Waals surface area contributed by atoms with Crippen LogP contribution in [0.25, 0.3) is 0 Å². The Hall–Kier alpha value is -2.12.